The van der Waals surface area contributed by atoms with E-state index >= 15 is 0 Å². The molecular formula is C27H23ClO6. The molecule has 4 aromatic rings. The van der Waals surface area contributed by atoms with Crippen LogP contribution in [0.3, 0.4) is 0 Å². The molecule has 0 bridgehead atoms. The topological polar surface area (TPSA) is 75.0 Å². The van der Waals surface area contributed by atoms with Crippen molar-refractivity contribution in [2.24, 2.45) is 0 Å². The number of Topliss-reactive ketones (excluding diaryl/α,β-unsaturated/α-hetero) is 1. The molecule has 1 aromatic heterocycles. The molecule has 7 heteroatoms. The number of aryl methyl sites for hydroxylation is 2. The van der Waals surface area contributed by atoms with E-state index < -0.39 is 0 Å². The molecule has 0 saturated carbocycles. The molecule has 0 N–H and O–H groups in total. The predicted molar refractivity (Wildman–Crippen MR) is 132 cm³/mol. The largest absolute Gasteiger partial charge is 0.493 e. The number of benzene rings is 3. The second-order valence-electron chi connectivity index (χ2n) is 7.81. The first-order chi connectivity index (χ1) is 16.3. The van der Waals surface area contributed by atoms with E-state index in [-0.39, 0.29) is 29.3 Å². The lowest BCUT2D eigenvalue weighted by molar-refractivity contribution is 0.0920. The molecule has 0 aliphatic heterocycles. The summed E-state index contributed by atoms with van der Waals surface area (Å²) in [5.74, 6) is 0.684. The van der Waals surface area contributed by atoms with Crippen LogP contribution in [0.4, 0.5) is 0 Å². The summed E-state index contributed by atoms with van der Waals surface area (Å²) in [6.45, 7) is 3.39. The van der Waals surface area contributed by atoms with E-state index in [1.165, 1.54) is 14.2 Å². The zero-order chi connectivity index (χ0) is 24.4. The Morgan fingerprint density at radius 1 is 0.971 bits per heavy atom. The van der Waals surface area contributed by atoms with E-state index in [0.717, 1.165) is 11.1 Å². The van der Waals surface area contributed by atoms with Crippen LogP contribution in [0.15, 0.2) is 63.8 Å². The number of hydrogen-bond donors (Lipinski definition) is 0. The maximum atomic E-state index is 13.5. The number of methoxy groups -OCH3 is 2. The number of ketones is 1. The molecular weight excluding hydrogens is 456 g/mol. The van der Waals surface area contributed by atoms with Gasteiger partial charge in [0.05, 0.1) is 24.6 Å². The number of carbonyl (C=O) groups excluding carboxylic acids is 1. The van der Waals surface area contributed by atoms with Gasteiger partial charge in [0.15, 0.2) is 29.6 Å². The van der Waals surface area contributed by atoms with Crippen molar-refractivity contribution in [3.05, 3.63) is 86.5 Å². The van der Waals surface area contributed by atoms with Crippen LogP contribution >= 0.6 is 11.6 Å². The van der Waals surface area contributed by atoms with Gasteiger partial charge >= 0.3 is 0 Å². The number of carbonyl (C=O) groups is 1. The van der Waals surface area contributed by atoms with E-state index in [1.54, 1.807) is 48.5 Å². The van der Waals surface area contributed by atoms with Crippen molar-refractivity contribution in [3.8, 4) is 28.6 Å². The molecule has 0 spiro atoms. The summed E-state index contributed by atoms with van der Waals surface area (Å²) in [7, 11) is 3.00. The lowest BCUT2D eigenvalue weighted by Gasteiger charge is -2.14. The SMILES string of the molecule is COc1ccc(C(=O)COc2c(-c3ccccc3Cl)oc3c(C)cc(C)cc3c2=O)cc1OC. The molecule has 0 unspecified atom stereocenters. The van der Waals surface area contributed by atoms with Crippen LogP contribution in [0.25, 0.3) is 22.3 Å². The van der Waals surface area contributed by atoms with Crippen LogP contribution in [-0.4, -0.2) is 26.6 Å². The summed E-state index contributed by atoms with van der Waals surface area (Å²) in [6, 6.07) is 15.5. The van der Waals surface area contributed by atoms with Gasteiger partial charge in [-0.05, 0) is 61.4 Å². The first-order valence-electron chi connectivity index (χ1n) is 10.5. The maximum absolute atomic E-state index is 13.5. The molecule has 0 saturated heterocycles. The van der Waals surface area contributed by atoms with Crippen molar-refractivity contribution in [1.82, 2.24) is 0 Å². The fourth-order valence-corrected chi connectivity index (χ4v) is 4.04. The second-order valence-corrected chi connectivity index (χ2v) is 8.22. The van der Waals surface area contributed by atoms with Crippen LogP contribution in [-0.2, 0) is 0 Å². The van der Waals surface area contributed by atoms with Crippen LogP contribution in [0.5, 0.6) is 17.2 Å². The Morgan fingerprint density at radius 2 is 1.71 bits per heavy atom. The summed E-state index contributed by atoms with van der Waals surface area (Å²) in [5, 5.41) is 0.771. The van der Waals surface area contributed by atoms with Crippen molar-refractivity contribution in [1.29, 1.82) is 0 Å². The van der Waals surface area contributed by atoms with Crippen LogP contribution in [0, 0.1) is 13.8 Å². The Kier molecular flexibility index (Phi) is 6.61. The molecule has 34 heavy (non-hydrogen) atoms. The van der Waals surface area contributed by atoms with Crippen LogP contribution in [0.1, 0.15) is 21.5 Å². The Bertz CT molecular complexity index is 1450. The van der Waals surface area contributed by atoms with Gasteiger partial charge in [0.1, 0.15) is 5.58 Å². The normalized spacial score (nSPS) is 10.9. The number of halogens is 1. The molecule has 0 fully saturated rings. The first kappa shape index (κ1) is 23.4. The molecule has 0 radical (unpaired) electrons. The van der Waals surface area contributed by atoms with Crippen molar-refractivity contribution >= 4 is 28.4 Å². The van der Waals surface area contributed by atoms with Crippen LogP contribution in [0.2, 0.25) is 5.02 Å². The summed E-state index contributed by atoms with van der Waals surface area (Å²) < 4.78 is 22.5. The van der Waals surface area contributed by atoms with E-state index in [9.17, 15) is 9.59 Å². The Hall–Kier alpha value is -3.77. The average Bonchev–Trinajstić information content (AvgIpc) is 2.83. The van der Waals surface area contributed by atoms with Gasteiger partial charge in [-0.2, -0.15) is 0 Å². The highest BCUT2D eigenvalue weighted by molar-refractivity contribution is 6.33. The Morgan fingerprint density at radius 3 is 2.41 bits per heavy atom. The molecule has 6 nitrogen and oxygen atoms in total. The number of hydrogen-bond acceptors (Lipinski definition) is 6. The second kappa shape index (κ2) is 9.61. The maximum Gasteiger partial charge on any atom is 0.235 e. The predicted octanol–water partition coefficient (Wildman–Crippen LogP) is 6.01. The fourth-order valence-electron chi connectivity index (χ4n) is 3.82. The third-order valence-corrected chi connectivity index (χ3v) is 5.78. The zero-order valence-corrected chi connectivity index (χ0v) is 20.0. The number of fused-ring (bicyclic) bond motifs is 1. The molecule has 4 rings (SSSR count). The van der Waals surface area contributed by atoms with Gasteiger partial charge in [0.2, 0.25) is 11.2 Å². The Balaban J connectivity index is 1.79. The highest BCUT2D eigenvalue weighted by atomic mass is 35.5. The minimum Gasteiger partial charge on any atom is -0.493 e. The highest BCUT2D eigenvalue weighted by Gasteiger charge is 2.22. The third kappa shape index (κ3) is 4.37. The van der Waals surface area contributed by atoms with Crippen molar-refractivity contribution in [2.45, 2.75) is 13.8 Å². The van der Waals surface area contributed by atoms with Crippen molar-refractivity contribution < 1.29 is 23.4 Å². The Labute approximate surface area is 201 Å². The molecule has 0 atom stereocenters. The third-order valence-electron chi connectivity index (χ3n) is 5.45. The summed E-state index contributed by atoms with van der Waals surface area (Å²) >= 11 is 6.41. The minimum absolute atomic E-state index is 0.0700. The van der Waals surface area contributed by atoms with Crippen LogP contribution < -0.4 is 19.6 Å². The standard InChI is InChI=1S/C27H23ClO6/c1-15-11-16(2)25-19(12-15)24(30)27(26(34-25)18-7-5-6-8-20(18)28)33-14-21(29)17-9-10-22(31-3)23(13-17)32-4/h5-13H,14H2,1-4H3. The number of ether oxygens (including phenoxy) is 3. The lowest BCUT2D eigenvalue weighted by atomic mass is 10.1. The van der Waals surface area contributed by atoms with Gasteiger partial charge in [-0.3, -0.25) is 9.59 Å². The van der Waals surface area contributed by atoms with Gasteiger partial charge < -0.3 is 18.6 Å². The molecule has 0 amide bonds. The molecule has 1 heterocycles. The summed E-state index contributed by atoms with van der Waals surface area (Å²) in [4.78, 5) is 26.4. The highest BCUT2D eigenvalue weighted by Crippen LogP contribution is 2.36. The molecule has 3 aromatic carbocycles. The molecule has 174 valence electrons. The minimum atomic E-state index is -0.381. The lowest BCUT2D eigenvalue weighted by Crippen LogP contribution is -2.17. The quantitative estimate of drug-likeness (QED) is 0.303. The summed E-state index contributed by atoms with van der Waals surface area (Å²) in [6.07, 6.45) is 0. The number of rotatable bonds is 7. The monoisotopic (exact) mass is 478 g/mol. The van der Waals surface area contributed by atoms with Gasteiger partial charge in [0, 0.05) is 11.1 Å². The zero-order valence-electron chi connectivity index (χ0n) is 19.2. The molecule has 0 aliphatic rings. The van der Waals surface area contributed by atoms with E-state index in [2.05, 4.69) is 0 Å². The van der Waals surface area contributed by atoms with E-state index in [1.807, 2.05) is 19.9 Å². The van der Waals surface area contributed by atoms with Gasteiger partial charge in [-0.1, -0.05) is 29.8 Å². The van der Waals surface area contributed by atoms with E-state index in [4.69, 9.17) is 30.2 Å². The fraction of sp³-hybridized carbons (Fsp3) is 0.185. The van der Waals surface area contributed by atoms with Gasteiger partial charge in [-0.25, -0.2) is 0 Å². The smallest absolute Gasteiger partial charge is 0.235 e. The average molecular weight is 479 g/mol. The van der Waals surface area contributed by atoms with Crippen molar-refractivity contribution in [3.63, 3.8) is 0 Å². The van der Waals surface area contributed by atoms with E-state index in [0.29, 0.717) is 38.6 Å². The van der Waals surface area contributed by atoms with Crippen molar-refractivity contribution in [2.75, 3.05) is 20.8 Å². The summed E-state index contributed by atoms with van der Waals surface area (Å²) in [5.41, 5.74) is 2.65. The van der Waals surface area contributed by atoms with Gasteiger partial charge in [-0.15, -0.1) is 0 Å². The molecule has 0 aliphatic carbocycles. The van der Waals surface area contributed by atoms with Gasteiger partial charge in [0.25, 0.3) is 0 Å². The first-order valence-corrected chi connectivity index (χ1v) is 10.9.